The van der Waals surface area contributed by atoms with Crippen LogP contribution < -0.4 is 0 Å². The summed E-state index contributed by atoms with van der Waals surface area (Å²) in [5.41, 5.74) is -0.512. The van der Waals surface area contributed by atoms with Crippen LogP contribution in [0.3, 0.4) is 0 Å². The van der Waals surface area contributed by atoms with Crippen LogP contribution in [0.15, 0.2) is 33.9 Å². The first-order valence-corrected chi connectivity index (χ1v) is 8.37. The summed E-state index contributed by atoms with van der Waals surface area (Å²) in [7, 11) is 0. The van der Waals surface area contributed by atoms with Crippen LogP contribution in [0.2, 0.25) is 0 Å². The van der Waals surface area contributed by atoms with E-state index in [4.69, 9.17) is 4.52 Å². The Balaban J connectivity index is 1.70. The van der Waals surface area contributed by atoms with Gasteiger partial charge >= 0.3 is 6.18 Å². The summed E-state index contributed by atoms with van der Waals surface area (Å²) in [6, 6.07) is 4.80. The Hall–Kier alpha value is -2.36. The fourth-order valence-electron chi connectivity index (χ4n) is 1.97. The number of nitrogens with zero attached hydrogens (tertiary/aromatic N) is 4. The summed E-state index contributed by atoms with van der Waals surface area (Å²) < 4.78 is 43.4. The van der Waals surface area contributed by atoms with E-state index in [1.807, 2.05) is 13.8 Å². The number of H-pyrrole nitrogens is 1. The molecule has 0 unspecified atom stereocenters. The smallest absolute Gasteiger partial charge is 0.338 e. The van der Waals surface area contributed by atoms with Gasteiger partial charge in [0, 0.05) is 11.5 Å². The van der Waals surface area contributed by atoms with Gasteiger partial charge in [-0.15, -0.1) is 5.10 Å². The molecular formula is C15H14F3N5OS. The molecule has 0 aliphatic heterocycles. The molecule has 25 heavy (non-hydrogen) atoms. The van der Waals surface area contributed by atoms with Gasteiger partial charge in [-0.2, -0.15) is 18.2 Å². The van der Waals surface area contributed by atoms with Crippen molar-refractivity contribution in [2.45, 2.75) is 36.9 Å². The summed E-state index contributed by atoms with van der Waals surface area (Å²) in [5.74, 6) is 1.73. The number of alkyl halides is 3. The molecule has 0 aliphatic carbocycles. The average Bonchev–Trinajstić information content (AvgIpc) is 3.22. The number of aromatic amines is 1. The van der Waals surface area contributed by atoms with Gasteiger partial charge in [-0.05, 0) is 12.1 Å². The van der Waals surface area contributed by atoms with Crippen LogP contribution in [0, 0.1) is 0 Å². The number of benzene rings is 1. The molecule has 0 saturated heterocycles. The van der Waals surface area contributed by atoms with Gasteiger partial charge in [0.05, 0.1) is 11.3 Å². The number of hydrogen-bond acceptors (Lipinski definition) is 6. The van der Waals surface area contributed by atoms with Crippen molar-refractivity contribution in [1.29, 1.82) is 0 Å². The summed E-state index contributed by atoms with van der Waals surface area (Å²) in [6.45, 7) is 3.99. The van der Waals surface area contributed by atoms with Crippen molar-refractivity contribution in [2.75, 3.05) is 0 Å². The van der Waals surface area contributed by atoms with Crippen LogP contribution in [-0.4, -0.2) is 25.3 Å². The Bertz CT molecular complexity index is 859. The van der Waals surface area contributed by atoms with Crippen molar-refractivity contribution in [1.82, 2.24) is 25.3 Å². The van der Waals surface area contributed by atoms with Crippen LogP contribution in [-0.2, 0) is 11.9 Å². The molecule has 2 aromatic heterocycles. The van der Waals surface area contributed by atoms with E-state index in [0.717, 1.165) is 18.0 Å². The topological polar surface area (TPSA) is 80.5 Å². The van der Waals surface area contributed by atoms with Crippen LogP contribution >= 0.6 is 11.8 Å². The van der Waals surface area contributed by atoms with Gasteiger partial charge in [0.1, 0.15) is 5.82 Å². The number of aromatic nitrogens is 5. The molecule has 0 spiro atoms. The number of nitrogens with one attached hydrogen (secondary N) is 1. The van der Waals surface area contributed by atoms with Crippen molar-refractivity contribution < 1.29 is 17.7 Å². The lowest BCUT2D eigenvalue weighted by Gasteiger charge is -2.06. The van der Waals surface area contributed by atoms with E-state index in [1.54, 1.807) is 0 Å². The molecule has 3 aromatic rings. The number of halogens is 3. The molecule has 6 nitrogen and oxygen atoms in total. The zero-order valence-electron chi connectivity index (χ0n) is 13.3. The van der Waals surface area contributed by atoms with Crippen LogP contribution in [0.5, 0.6) is 0 Å². The van der Waals surface area contributed by atoms with E-state index in [9.17, 15) is 13.2 Å². The van der Waals surface area contributed by atoms with Crippen LogP contribution in [0.4, 0.5) is 13.2 Å². The molecule has 0 fully saturated rings. The van der Waals surface area contributed by atoms with E-state index in [0.29, 0.717) is 10.9 Å². The van der Waals surface area contributed by atoms with Crippen molar-refractivity contribution in [2.24, 2.45) is 0 Å². The molecule has 2 heterocycles. The Morgan fingerprint density at radius 1 is 1.24 bits per heavy atom. The minimum atomic E-state index is -4.42. The highest BCUT2D eigenvalue weighted by molar-refractivity contribution is 7.98. The fraction of sp³-hybridized carbons (Fsp3) is 0.333. The molecule has 0 amide bonds. The molecule has 0 bridgehead atoms. The van der Waals surface area contributed by atoms with Crippen LogP contribution in [0.25, 0.3) is 11.4 Å². The lowest BCUT2D eigenvalue weighted by atomic mass is 10.1. The lowest BCUT2D eigenvalue weighted by molar-refractivity contribution is -0.137. The third-order valence-corrected chi connectivity index (χ3v) is 4.10. The molecule has 3 rings (SSSR count). The maximum absolute atomic E-state index is 12.8. The minimum Gasteiger partial charge on any atom is -0.338 e. The molecule has 10 heteroatoms. The largest absolute Gasteiger partial charge is 0.416 e. The molecule has 0 saturated carbocycles. The Kier molecular flexibility index (Phi) is 4.80. The highest BCUT2D eigenvalue weighted by atomic mass is 32.2. The molecule has 132 valence electrons. The molecule has 0 aliphatic rings. The van der Waals surface area contributed by atoms with E-state index in [1.165, 1.54) is 23.9 Å². The zero-order chi connectivity index (χ0) is 18.0. The van der Waals surface area contributed by atoms with E-state index >= 15 is 0 Å². The maximum atomic E-state index is 12.8. The maximum Gasteiger partial charge on any atom is 0.416 e. The van der Waals surface area contributed by atoms with E-state index < -0.39 is 11.7 Å². The molecular weight excluding hydrogens is 355 g/mol. The Morgan fingerprint density at radius 3 is 2.72 bits per heavy atom. The zero-order valence-corrected chi connectivity index (χ0v) is 14.1. The number of rotatable bonds is 5. The molecule has 0 radical (unpaired) electrons. The second-order valence-corrected chi connectivity index (χ2v) is 6.48. The van der Waals surface area contributed by atoms with Gasteiger partial charge in [-0.25, -0.2) is 4.98 Å². The summed E-state index contributed by atoms with van der Waals surface area (Å²) in [5, 5.41) is 11.2. The van der Waals surface area contributed by atoms with Crippen molar-refractivity contribution >= 4 is 11.8 Å². The standard InChI is InChI=1S/C15H14F3N5OS/c1-8(2)12-20-14(22-21-12)25-7-11-19-13(23-24-11)9-4-3-5-10(6-9)15(16,17)18/h3-6,8H,7H2,1-2H3,(H,20,21,22). The average molecular weight is 369 g/mol. The Morgan fingerprint density at radius 2 is 2.04 bits per heavy atom. The minimum absolute atomic E-state index is 0.111. The van der Waals surface area contributed by atoms with E-state index in [2.05, 4.69) is 25.3 Å². The first-order valence-electron chi connectivity index (χ1n) is 7.38. The summed E-state index contributed by atoms with van der Waals surface area (Å²) in [4.78, 5) is 8.44. The van der Waals surface area contributed by atoms with E-state index in [-0.39, 0.29) is 23.2 Å². The van der Waals surface area contributed by atoms with Gasteiger partial charge in [0.2, 0.25) is 16.9 Å². The second-order valence-electron chi connectivity index (χ2n) is 5.54. The van der Waals surface area contributed by atoms with Crippen molar-refractivity contribution in [3.05, 3.63) is 41.5 Å². The molecule has 0 atom stereocenters. The summed E-state index contributed by atoms with van der Waals surface area (Å²) in [6.07, 6.45) is -4.42. The second kappa shape index (κ2) is 6.87. The first-order chi connectivity index (χ1) is 11.8. The fourth-order valence-corrected chi connectivity index (χ4v) is 2.62. The van der Waals surface area contributed by atoms with Gasteiger partial charge < -0.3 is 4.52 Å². The Labute approximate surface area is 145 Å². The van der Waals surface area contributed by atoms with Crippen molar-refractivity contribution in [3.8, 4) is 11.4 Å². The lowest BCUT2D eigenvalue weighted by Crippen LogP contribution is -2.04. The first kappa shape index (κ1) is 17.5. The molecule has 1 N–H and O–H groups in total. The quantitative estimate of drug-likeness (QED) is 0.676. The highest BCUT2D eigenvalue weighted by Crippen LogP contribution is 2.31. The number of thioether (sulfide) groups is 1. The summed E-state index contributed by atoms with van der Waals surface area (Å²) >= 11 is 1.30. The van der Waals surface area contributed by atoms with Crippen molar-refractivity contribution in [3.63, 3.8) is 0 Å². The van der Waals surface area contributed by atoms with Gasteiger partial charge in [0.15, 0.2) is 0 Å². The predicted molar refractivity (Wildman–Crippen MR) is 84.8 cm³/mol. The number of hydrogen-bond donors (Lipinski definition) is 1. The third kappa shape index (κ3) is 4.19. The van der Waals surface area contributed by atoms with Gasteiger partial charge in [-0.3, -0.25) is 5.10 Å². The monoisotopic (exact) mass is 369 g/mol. The normalized spacial score (nSPS) is 12.1. The predicted octanol–water partition coefficient (Wildman–Crippen LogP) is 4.29. The highest BCUT2D eigenvalue weighted by Gasteiger charge is 2.30. The van der Waals surface area contributed by atoms with Gasteiger partial charge in [-0.1, -0.05) is 42.9 Å². The van der Waals surface area contributed by atoms with Crippen LogP contribution in [0.1, 0.15) is 37.0 Å². The SMILES string of the molecule is CC(C)c1nc(SCc2nc(-c3cccc(C(F)(F)F)c3)no2)n[nH]1. The molecule has 1 aromatic carbocycles. The van der Waals surface area contributed by atoms with Gasteiger partial charge in [0.25, 0.3) is 0 Å². The third-order valence-electron chi connectivity index (χ3n) is 3.27.